The van der Waals surface area contributed by atoms with Crippen molar-refractivity contribution in [2.45, 2.75) is 26.8 Å². The third kappa shape index (κ3) is 2.26. The molecule has 0 N–H and O–H groups in total. The van der Waals surface area contributed by atoms with Crippen LogP contribution in [0.5, 0.6) is 5.75 Å². The van der Waals surface area contributed by atoms with Crippen molar-refractivity contribution in [1.29, 1.82) is 0 Å². The summed E-state index contributed by atoms with van der Waals surface area (Å²) < 4.78 is 6.51. The standard InChI is InChI=1S/C9H13ClN2O2/c1-3-5-12-9(13)8(14-4-2)7(10)6-11-12/h6H,3-5H2,1-2H3. The first-order valence-corrected chi connectivity index (χ1v) is 4.96. The molecule has 0 spiro atoms. The van der Waals surface area contributed by atoms with Crippen molar-refractivity contribution in [3.63, 3.8) is 0 Å². The summed E-state index contributed by atoms with van der Waals surface area (Å²) in [5.41, 5.74) is -0.263. The number of halogens is 1. The van der Waals surface area contributed by atoms with Crippen LogP contribution < -0.4 is 10.3 Å². The third-order valence-electron chi connectivity index (χ3n) is 1.68. The minimum absolute atomic E-state index is 0.192. The van der Waals surface area contributed by atoms with E-state index in [4.69, 9.17) is 16.3 Å². The lowest BCUT2D eigenvalue weighted by Crippen LogP contribution is -2.24. The number of nitrogens with zero attached hydrogens (tertiary/aromatic N) is 2. The zero-order valence-corrected chi connectivity index (χ0v) is 9.04. The lowest BCUT2D eigenvalue weighted by atomic mass is 10.4. The van der Waals surface area contributed by atoms with Gasteiger partial charge in [-0.15, -0.1) is 0 Å². The molecular formula is C9H13ClN2O2. The molecule has 4 nitrogen and oxygen atoms in total. The van der Waals surface area contributed by atoms with E-state index >= 15 is 0 Å². The van der Waals surface area contributed by atoms with Crippen molar-refractivity contribution in [2.75, 3.05) is 6.61 Å². The summed E-state index contributed by atoms with van der Waals surface area (Å²) >= 11 is 5.78. The molecule has 1 rings (SSSR count). The highest BCUT2D eigenvalue weighted by Gasteiger charge is 2.09. The average Bonchev–Trinajstić information content (AvgIpc) is 2.17. The van der Waals surface area contributed by atoms with Crippen LogP contribution in [0.25, 0.3) is 0 Å². The lowest BCUT2D eigenvalue weighted by molar-refractivity contribution is 0.328. The van der Waals surface area contributed by atoms with E-state index in [1.54, 1.807) is 6.92 Å². The first-order chi connectivity index (χ1) is 6.70. The van der Waals surface area contributed by atoms with E-state index in [0.29, 0.717) is 13.2 Å². The molecule has 0 atom stereocenters. The lowest BCUT2D eigenvalue weighted by Gasteiger charge is -2.07. The Labute approximate surface area is 87.5 Å². The van der Waals surface area contributed by atoms with Crippen LogP contribution in [0.3, 0.4) is 0 Å². The monoisotopic (exact) mass is 216 g/mol. The number of rotatable bonds is 4. The molecule has 0 aliphatic carbocycles. The van der Waals surface area contributed by atoms with Crippen molar-refractivity contribution < 1.29 is 4.74 Å². The van der Waals surface area contributed by atoms with Crippen LogP contribution in [-0.2, 0) is 6.54 Å². The summed E-state index contributed by atoms with van der Waals surface area (Å²) in [5, 5.41) is 4.17. The Morgan fingerprint density at radius 2 is 2.29 bits per heavy atom. The Kier molecular flexibility index (Phi) is 3.95. The Bertz CT molecular complexity index is 362. The number of hydrogen-bond acceptors (Lipinski definition) is 3. The molecule has 0 bridgehead atoms. The van der Waals surface area contributed by atoms with Crippen LogP contribution >= 0.6 is 11.6 Å². The van der Waals surface area contributed by atoms with Gasteiger partial charge >= 0.3 is 5.56 Å². The molecule has 5 heteroatoms. The molecule has 0 fully saturated rings. The second-order valence-corrected chi connectivity index (χ2v) is 3.19. The number of hydrogen-bond donors (Lipinski definition) is 0. The Balaban J connectivity index is 3.12. The molecule has 14 heavy (non-hydrogen) atoms. The maximum Gasteiger partial charge on any atom is 0.310 e. The first-order valence-electron chi connectivity index (χ1n) is 4.59. The molecule has 78 valence electrons. The van der Waals surface area contributed by atoms with Crippen molar-refractivity contribution in [1.82, 2.24) is 9.78 Å². The minimum Gasteiger partial charge on any atom is -0.487 e. The second kappa shape index (κ2) is 5.00. The summed E-state index contributed by atoms with van der Waals surface area (Å²) in [6, 6.07) is 0. The largest absolute Gasteiger partial charge is 0.487 e. The highest BCUT2D eigenvalue weighted by molar-refractivity contribution is 6.31. The highest BCUT2D eigenvalue weighted by atomic mass is 35.5. The fourth-order valence-electron chi connectivity index (χ4n) is 1.10. The van der Waals surface area contributed by atoms with E-state index in [2.05, 4.69) is 5.10 Å². The van der Waals surface area contributed by atoms with Gasteiger partial charge in [-0.2, -0.15) is 5.10 Å². The topological polar surface area (TPSA) is 44.1 Å². The number of aryl methyl sites for hydroxylation is 1. The molecule has 1 aromatic rings. The van der Waals surface area contributed by atoms with Crippen LogP contribution in [-0.4, -0.2) is 16.4 Å². The van der Waals surface area contributed by atoms with Gasteiger partial charge in [0.05, 0.1) is 12.8 Å². The normalized spacial score (nSPS) is 10.2. The summed E-state index contributed by atoms with van der Waals surface area (Å²) in [6.45, 7) is 4.78. The van der Waals surface area contributed by atoms with Gasteiger partial charge in [0, 0.05) is 6.54 Å². The molecule has 1 aromatic heterocycles. The van der Waals surface area contributed by atoms with E-state index in [-0.39, 0.29) is 16.3 Å². The van der Waals surface area contributed by atoms with Crippen LogP contribution in [0.1, 0.15) is 20.3 Å². The molecule has 0 aliphatic heterocycles. The maximum absolute atomic E-state index is 11.7. The summed E-state index contributed by atoms with van der Waals surface area (Å²) in [6.07, 6.45) is 2.28. The van der Waals surface area contributed by atoms with E-state index < -0.39 is 0 Å². The van der Waals surface area contributed by atoms with E-state index in [1.165, 1.54) is 10.9 Å². The van der Waals surface area contributed by atoms with Crippen molar-refractivity contribution >= 4 is 11.6 Å². The average molecular weight is 217 g/mol. The summed E-state index contributed by atoms with van der Waals surface area (Å²) in [5.74, 6) is 0.192. The first kappa shape index (κ1) is 11.0. The molecule has 0 amide bonds. The number of aromatic nitrogens is 2. The zero-order valence-electron chi connectivity index (χ0n) is 8.29. The predicted octanol–water partition coefficient (Wildman–Crippen LogP) is 1.71. The molecular weight excluding hydrogens is 204 g/mol. The second-order valence-electron chi connectivity index (χ2n) is 2.78. The Hall–Kier alpha value is -1.03. The molecule has 1 heterocycles. The number of ether oxygens (including phenoxy) is 1. The van der Waals surface area contributed by atoms with Crippen molar-refractivity contribution in [3.05, 3.63) is 21.6 Å². The van der Waals surface area contributed by atoms with Crippen LogP contribution in [0, 0.1) is 0 Å². The molecule has 0 saturated heterocycles. The van der Waals surface area contributed by atoms with Crippen molar-refractivity contribution in [2.24, 2.45) is 0 Å². The smallest absolute Gasteiger partial charge is 0.310 e. The molecule has 0 saturated carbocycles. The molecule has 0 unspecified atom stereocenters. The maximum atomic E-state index is 11.7. The van der Waals surface area contributed by atoms with Gasteiger partial charge in [-0.05, 0) is 13.3 Å². The van der Waals surface area contributed by atoms with Gasteiger partial charge in [0.2, 0.25) is 5.75 Å². The van der Waals surface area contributed by atoms with Gasteiger partial charge in [0.1, 0.15) is 5.02 Å². The van der Waals surface area contributed by atoms with Gasteiger partial charge < -0.3 is 4.74 Å². The highest BCUT2D eigenvalue weighted by Crippen LogP contribution is 2.17. The van der Waals surface area contributed by atoms with Crippen LogP contribution in [0.15, 0.2) is 11.0 Å². The molecule has 0 radical (unpaired) electrons. The van der Waals surface area contributed by atoms with Gasteiger partial charge in [-0.1, -0.05) is 18.5 Å². The van der Waals surface area contributed by atoms with Gasteiger partial charge in [-0.3, -0.25) is 4.79 Å². The van der Waals surface area contributed by atoms with E-state index in [1.807, 2.05) is 6.92 Å². The Morgan fingerprint density at radius 3 is 2.86 bits per heavy atom. The fourth-order valence-corrected chi connectivity index (χ4v) is 1.28. The third-order valence-corrected chi connectivity index (χ3v) is 1.95. The SMILES string of the molecule is CCCn1ncc(Cl)c(OCC)c1=O. The van der Waals surface area contributed by atoms with Crippen LogP contribution in [0.4, 0.5) is 0 Å². The molecule has 0 aliphatic rings. The summed E-state index contributed by atoms with van der Waals surface area (Å²) in [4.78, 5) is 11.7. The van der Waals surface area contributed by atoms with Gasteiger partial charge in [0.15, 0.2) is 0 Å². The van der Waals surface area contributed by atoms with Crippen LogP contribution in [0.2, 0.25) is 5.02 Å². The van der Waals surface area contributed by atoms with E-state index in [0.717, 1.165) is 6.42 Å². The Morgan fingerprint density at radius 1 is 1.57 bits per heavy atom. The predicted molar refractivity (Wildman–Crippen MR) is 55.0 cm³/mol. The minimum atomic E-state index is -0.263. The van der Waals surface area contributed by atoms with E-state index in [9.17, 15) is 4.79 Å². The summed E-state index contributed by atoms with van der Waals surface area (Å²) in [7, 11) is 0. The quantitative estimate of drug-likeness (QED) is 0.770. The molecule has 0 aromatic carbocycles. The van der Waals surface area contributed by atoms with Gasteiger partial charge in [0.25, 0.3) is 0 Å². The fraction of sp³-hybridized carbons (Fsp3) is 0.556. The van der Waals surface area contributed by atoms with Gasteiger partial charge in [-0.25, -0.2) is 4.68 Å². The van der Waals surface area contributed by atoms with Crippen molar-refractivity contribution in [3.8, 4) is 5.75 Å². The zero-order chi connectivity index (χ0) is 10.6.